The van der Waals surface area contributed by atoms with E-state index in [2.05, 4.69) is 21.1 Å². The zero-order chi connectivity index (χ0) is 15.9. The van der Waals surface area contributed by atoms with Gasteiger partial charge in [0.05, 0.1) is 20.4 Å². The molecule has 22 heavy (non-hydrogen) atoms. The highest BCUT2D eigenvalue weighted by atomic mass is 79.9. The number of benzene rings is 2. The molecule has 0 aliphatic rings. The van der Waals surface area contributed by atoms with E-state index in [0.29, 0.717) is 23.1 Å². The smallest absolute Gasteiger partial charge is 0.161 e. The second-order valence-electron chi connectivity index (χ2n) is 4.36. The van der Waals surface area contributed by atoms with Crippen LogP contribution < -0.4 is 9.47 Å². The summed E-state index contributed by atoms with van der Waals surface area (Å²) < 4.78 is 11.4. The quantitative estimate of drug-likeness (QED) is 0.537. The van der Waals surface area contributed by atoms with E-state index in [9.17, 15) is 0 Å². The monoisotopic (exact) mass is 383 g/mol. The molecule has 0 radical (unpaired) electrons. The van der Waals surface area contributed by atoms with E-state index in [0.717, 1.165) is 15.6 Å². The van der Waals surface area contributed by atoms with Gasteiger partial charge < -0.3 is 14.3 Å². The molecule has 0 amide bonds. The van der Waals surface area contributed by atoms with Gasteiger partial charge in [0.2, 0.25) is 0 Å². The van der Waals surface area contributed by atoms with Gasteiger partial charge in [0.1, 0.15) is 6.61 Å². The number of rotatable bonds is 6. The summed E-state index contributed by atoms with van der Waals surface area (Å²) in [5.41, 5.74) is 1.82. The van der Waals surface area contributed by atoms with Gasteiger partial charge in [0.25, 0.3) is 0 Å². The number of hydrogen-bond donors (Lipinski definition) is 0. The fourth-order valence-corrected chi connectivity index (χ4v) is 2.32. The Balaban J connectivity index is 2.00. The van der Waals surface area contributed by atoms with Crippen LogP contribution in [0.2, 0.25) is 5.02 Å². The van der Waals surface area contributed by atoms with Gasteiger partial charge in [-0.05, 0) is 29.8 Å². The average molecular weight is 385 g/mol. The standard InChI is InChI=1S/C16H15BrClNO3/c1-20-15-7-12(14(17)8-16(15)21-2)10-22-19-9-11-3-5-13(18)6-4-11/h3-9H,10H2,1-2H3/b19-9-. The molecular weight excluding hydrogens is 370 g/mol. The van der Waals surface area contributed by atoms with Gasteiger partial charge >= 0.3 is 0 Å². The van der Waals surface area contributed by atoms with Crippen molar-refractivity contribution in [2.75, 3.05) is 14.2 Å². The first kappa shape index (κ1) is 16.6. The van der Waals surface area contributed by atoms with E-state index in [1.165, 1.54) is 0 Å². The first-order chi connectivity index (χ1) is 10.6. The van der Waals surface area contributed by atoms with Crippen LogP contribution in [0.3, 0.4) is 0 Å². The second kappa shape index (κ2) is 8.06. The zero-order valence-electron chi connectivity index (χ0n) is 12.2. The summed E-state index contributed by atoms with van der Waals surface area (Å²) in [4.78, 5) is 5.32. The maximum absolute atomic E-state index is 5.82. The minimum Gasteiger partial charge on any atom is -0.493 e. The van der Waals surface area contributed by atoms with Gasteiger partial charge in [0, 0.05) is 15.1 Å². The summed E-state index contributed by atoms with van der Waals surface area (Å²) >= 11 is 9.29. The molecule has 0 N–H and O–H groups in total. The fraction of sp³-hybridized carbons (Fsp3) is 0.188. The Labute approximate surface area is 142 Å². The summed E-state index contributed by atoms with van der Waals surface area (Å²) in [6.07, 6.45) is 1.63. The van der Waals surface area contributed by atoms with Crippen LogP contribution in [-0.2, 0) is 11.4 Å². The van der Waals surface area contributed by atoms with Gasteiger partial charge in [-0.3, -0.25) is 0 Å². The molecule has 0 aliphatic heterocycles. The Bertz CT molecular complexity index is 659. The van der Waals surface area contributed by atoms with Gasteiger partial charge in [-0.25, -0.2) is 0 Å². The molecule has 0 aromatic heterocycles. The van der Waals surface area contributed by atoms with Crippen molar-refractivity contribution in [3.8, 4) is 11.5 Å². The third-order valence-electron chi connectivity index (χ3n) is 2.92. The van der Waals surface area contributed by atoms with Gasteiger partial charge in [-0.2, -0.15) is 0 Å². The van der Waals surface area contributed by atoms with Gasteiger partial charge in [-0.15, -0.1) is 0 Å². The van der Waals surface area contributed by atoms with Crippen LogP contribution >= 0.6 is 27.5 Å². The van der Waals surface area contributed by atoms with Crippen molar-refractivity contribution in [2.45, 2.75) is 6.61 Å². The third kappa shape index (κ3) is 4.39. The van der Waals surface area contributed by atoms with Crippen molar-refractivity contribution in [2.24, 2.45) is 5.16 Å². The third-order valence-corrected chi connectivity index (χ3v) is 3.91. The Hall–Kier alpha value is -1.72. The lowest BCUT2D eigenvalue weighted by molar-refractivity contribution is 0.131. The first-order valence-electron chi connectivity index (χ1n) is 6.45. The Morgan fingerprint density at radius 3 is 2.36 bits per heavy atom. The molecule has 2 aromatic rings. The lowest BCUT2D eigenvalue weighted by atomic mass is 10.2. The van der Waals surface area contributed by atoms with Crippen LogP contribution in [0.1, 0.15) is 11.1 Å². The Morgan fingerprint density at radius 1 is 1.09 bits per heavy atom. The SMILES string of the molecule is COc1cc(Br)c(CO/N=C\c2ccc(Cl)cc2)cc1OC. The molecule has 0 saturated heterocycles. The molecule has 0 heterocycles. The van der Waals surface area contributed by atoms with Crippen LogP contribution in [0.4, 0.5) is 0 Å². The number of oxime groups is 1. The minimum absolute atomic E-state index is 0.311. The van der Waals surface area contributed by atoms with E-state index in [4.69, 9.17) is 25.9 Å². The van der Waals surface area contributed by atoms with Crippen molar-refractivity contribution in [3.05, 3.63) is 57.0 Å². The fourth-order valence-electron chi connectivity index (χ4n) is 1.76. The topological polar surface area (TPSA) is 40.0 Å². The summed E-state index contributed by atoms with van der Waals surface area (Å²) in [5.74, 6) is 1.30. The van der Waals surface area contributed by atoms with E-state index in [-0.39, 0.29) is 0 Å². The van der Waals surface area contributed by atoms with Gasteiger partial charge in [-0.1, -0.05) is 44.8 Å². The Morgan fingerprint density at radius 2 is 1.73 bits per heavy atom. The molecule has 116 valence electrons. The molecule has 0 atom stereocenters. The molecule has 6 heteroatoms. The molecule has 4 nitrogen and oxygen atoms in total. The number of halogens is 2. The normalized spacial score (nSPS) is 10.7. The second-order valence-corrected chi connectivity index (χ2v) is 5.65. The van der Waals surface area contributed by atoms with Crippen molar-refractivity contribution < 1.29 is 14.3 Å². The summed E-state index contributed by atoms with van der Waals surface area (Å²) in [5, 5.41) is 4.63. The molecule has 2 rings (SSSR count). The van der Waals surface area contributed by atoms with Crippen molar-refractivity contribution in [1.29, 1.82) is 0 Å². The van der Waals surface area contributed by atoms with Crippen molar-refractivity contribution in [1.82, 2.24) is 0 Å². The number of nitrogens with zero attached hydrogens (tertiary/aromatic N) is 1. The van der Waals surface area contributed by atoms with Gasteiger partial charge in [0.15, 0.2) is 11.5 Å². The molecule has 0 spiro atoms. The van der Waals surface area contributed by atoms with E-state index in [1.807, 2.05) is 24.3 Å². The first-order valence-corrected chi connectivity index (χ1v) is 7.62. The van der Waals surface area contributed by atoms with E-state index >= 15 is 0 Å². The predicted molar refractivity (Wildman–Crippen MR) is 91.1 cm³/mol. The molecule has 0 aliphatic carbocycles. The van der Waals surface area contributed by atoms with Crippen LogP contribution in [0, 0.1) is 0 Å². The molecular formula is C16H15BrClNO3. The van der Waals surface area contributed by atoms with E-state index < -0.39 is 0 Å². The number of hydrogen-bond acceptors (Lipinski definition) is 4. The number of ether oxygens (including phenoxy) is 2. The summed E-state index contributed by atoms with van der Waals surface area (Å²) in [7, 11) is 3.19. The summed E-state index contributed by atoms with van der Waals surface area (Å²) in [6.45, 7) is 0.311. The van der Waals surface area contributed by atoms with E-state index in [1.54, 1.807) is 32.6 Å². The lowest BCUT2D eigenvalue weighted by Gasteiger charge is -2.11. The minimum atomic E-state index is 0.311. The van der Waals surface area contributed by atoms with Crippen LogP contribution in [-0.4, -0.2) is 20.4 Å². The zero-order valence-corrected chi connectivity index (χ0v) is 14.5. The highest BCUT2D eigenvalue weighted by Crippen LogP contribution is 2.33. The summed E-state index contributed by atoms with van der Waals surface area (Å²) in [6, 6.07) is 11.0. The maximum Gasteiger partial charge on any atom is 0.161 e. The molecule has 2 aromatic carbocycles. The largest absolute Gasteiger partial charge is 0.493 e. The highest BCUT2D eigenvalue weighted by Gasteiger charge is 2.09. The van der Waals surface area contributed by atoms with Crippen molar-refractivity contribution in [3.63, 3.8) is 0 Å². The Kier molecular flexibility index (Phi) is 6.10. The molecule has 0 unspecified atom stereocenters. The molecule has 0 fully saturated rings. The highest BCUT2D eigenvalue weighted by molar-refractivity contribution is 9.10. The predicted octanol–water partition coefficient (Wildman–Crippen LogP) is 4.67. The maximum atomic E-state index is 5.82. The van der Waals surface area contributed by atoms with Crippen LogP contribution in [0.5, 0.6) is 11.5 Å². The molecule has 0 saturated carbocycles. The lowest BCUT2D eigenvalue weighted by Crippen LogP contribution is -1.95. The van der Waals surface area contributed by atoms with Crippen LogP contribution in [0.15, 0.2) is 46.0 Å². The van der Waals surface area contributed by atoms with Crippen LogP contribution in [0.25, 0.3) is 0 Å². The van der Waals surface area contributed by atoms with Crippen molar-refractivity contribution >= 4 is 33.7 Å². The number of methoxy groups -OCH3 is 2. The average Bonchev–Trinajstić information content (AvgIpc) is 2.54. The molecule has 0 bridgehead atoms.